The summed E-state index contributed by atoms with van der Waals surface area (Å²) in [7, 11) is 1.65. The van der Waals surface area contributed by atoms with Crippen molar-refractivity contribution in [2.75, 3.05) is 7.11 Å². The van der Waals surface area contributed by atoms with E-state index in [2.05, 4.69) is 20.5 Å². The first-order valence-electron chi connectivity index (χ1n) is 9.95. The van der Waals surface area contributed by atoms with Gasteiger partial charge in [0, 0.05) is 11.4 Å². The lowest BCUT2D eigenvalue weighted by Gasteiger charge is -2.24. The first-order chi connectivity index (χ1) is 15.2. The third kappa shape index (κ3) is 4.17. The molecule has 0 unspecified atom stereocenters. The van der Waals surface area contributed by atoms with Crippen molar-refractivity contribution in [2.45, 2.75) is 32.1 Å². The molecular weight excluding hydrogens is 418 g/mol. The number of fused-ring (bicyclic) bond motifs is 1. The lowest BCUT2D eigenvalue weighted by molar-refractivity contribution is -0.00111. The van der Waals surface area contributed by atoms with E-state index in [1.165, 1.54) is 5.56 Å². The second-order valence-electron chi connectivity index (χ2n) is 7.28. The molecule has 0 bridgehead atoms. The third-order valence-electron chi connectivity index (χ3n) is 5.31. The summed E-state index contributed by atoms with van der Waals surface area (Å²) in [5.74, 6) is 1.82. The van der Waals surface area contributed by atoms with E-state index < -0.39 is 0 Å². The van der Waals surface area contributed by atoms with E-state index in [9.17, 15) is 0 Å². The van der Waals surface area contributed by atoms with E-state index in [1.54, 1.807) is 7.11 Å². The summed E-state index contributed by atoms with van der Waals surface area (Å²) in [5, 5.41) is 13.3. The first-order valence-corrected chi connectivity index (χ1v) is 10.3. The van der Waals surface area contributed by atoms with Crippen molar-refractivity contribution >= 4 is 11.6 Å². The van der Waals surface area contributed by atoms with Crippen LogP contribution >= 0.6 is 11.6 Å². The van der Waals surface area contributed by atoms with Gasteiger partial charge in [-0.25, -0.2) is 4.68 Å². The zero-order chi connectivity index (χ0) is 21.2. The van der Waals surface area contributed by atoms with Gasteiger partial charge in [0.1, 0.15) is 11.9 Å². The molecule has 0 saturated heterocycles. The molecule has 0 saturated carbocycles. The molecule has 31 heavy (non-hydrogen) atoms. The smallest absolute Gasteiger partial charge is 0.227 e. The standard InChI is InChI=1S/C22H20ClN5O3/c1-29-17-9-2-14(3-10-17)4-11-20-24-22(26-31-20)21-18-13-30-19(12-28(18)27-25-21)15-5-7-16(23)8-6-15/h2-3,5-10,19H,4,11-13H2,1H3/t19-/m0/s1. The molecular formula is C22H20ClN5O3. The highest BCUT2D eigenvalue weighted by Gasteiger charge is 2.27. The molecule has 0 fully saturated rings. The molecule has 5 rings (SSSR count). The Kier molecular flexibility index (Phi) is 5.40. The number of ether oxygens (including phenoxy) is 2. The number of aromatic nitrogens is 5. The van der Waals surface area contributed by atoms with E-state index in [4.69, 9.17) is 25.6 Å². The Bertz CT molecular complexity index is 1170. The van der Waals surface area contributed by atoms with Crippen LogP contribution in [0.3, 0.4) is 0 Å². The Labute approximate surface area is 183 Å². The minimum absolute atomic E-state index is 0.107. The summed E-state index contributed by atoms with van der Waals surface area (Å²) >= 11 is 5.98. The van der Waals surface area contributed by atoms with Crippen LogP contribution in [-0.2, 0) is 30.7 Å². The van der Waals surface area contributed by atoms with Gasteiger partial charge in [-0.15, -0.1) is 5.10 Å². The maximum absolute atomic E-state index is 6.04. The number of aryl methyl sites for hydroxylation is 2. The SMILES string of the molecule is COc1ccc(CCc2nc(-c3nnn4c3CO[C@H](c3ccc(Cl)cc3)C4)no2)cc1. The third-order valence-corrected chi connectivity index (χ3v) is 5.56. The van der Waals surface area contributed by atoms with Gasteiger partial charge in [-0.2, -0.15) is 4.98 Å². The van der Waals surface area contributed by atoms with E-state index in [0.717, 1.165) is 23.4 Å². The van der Waals surface area contributed by atoms with Crippen molar-refractivity contribution in [1.29, 1.82) is 0 Å². The molecule has 4 aromatic rings. The number of rotatable bonds is 6. The maximum atomic E-state index is 6.04. The Morgan fingerprint density at radius 1 is 1.10 bits per heavy atom. The van der Waals surface area contributed by atoms with Crippen LogP contribution in [0.25, 0.3) is 11.5 Å². The normalized spacial score (nSPS) is 15.6. The quantitative estimate of drug-likeness (QED) is 0.449. The van der Waals surface area contributed by atoms with Gasteiger partial charge in [0.2, 0.25) is 11.7 Å². The molecule has 0 radical (unpaired) electrons. The highest BCUT2D eigenvalue weighted by molar-refractivity contribution is 6.30. The summed E-state index contributed by atoms with van der Waals surface area (Å²) in [4.78, 5) is 4.51. The van der Waals surface area contributed by atoms with Crippen LogP contribution in [0.2, 0.25) is 5.02 Å². The number of hydrogen-bond acceptors (Lipinski definition) is 7. The zero-order valence-electron chi connectivity index (χ0n) is 16.9. The average Bonchev–Trinajstić information content (AvgIpc) is 3.45. The molecule has 0 amide bonds. The van der Waals surface area contributed by atoms with Crippen LogP contribution in [0.1, 0.15) is 28.8 Å². The van der Waals surface area contributed by atoms with Gasteiger partial charge in [0.25, 0.3) is 0 Å². The first kappa shape index (κ1) is 19.7. The van der Waals surface area contributed by atoms with Crippen LogP contribution in [0.5, 0.6) is 5.75 Å². The fourth-order valence-electron chi connectivity index (χ4n) is 3.56. The van der Waals surface area contributed by atoms with Gasteiger partial charge in [0.15, 0.2) is 5.69 Å². The second-order valence-corrected chi connectivity index (χ2v) is 7.71. The minimum atomic E-state index is -0.107. The number of hydrogen-bond donors (Lipinski definition) is 0. The molecule has 0 N–H and O–H groups in total. The number of halogens is 1. The van der Waals surface area contributed by atoms with E-state index in [0.29, 0.717) is 42.0 Å². The highest BCUT2D eigenvalue weighted by Crippen LogP contribution is 2.30. The Hall–Kier alpha value is -3.23. The lowest BCUT2D eigenvalue weighted by atomic mass is 10.1. The van der Waals surface area contributed by atoms with Crippen LogP contribution in [0, 0.1) is 0 Å². The van der Waals surface area contributed by atoms with Crippen LogP contribution < -0.4 is 4.74 Å². The summed E-state index contributed by atoms with van der Waals surface area (Å²) in [6.45, 7) is 0.928. The summed E-state index contributed by atoms with van der Waals surface area (Å²) in [6, 6.07) is 15.6. The zero-order valence-corrected chi connectivity index (χ0v) is 17.6. The van der Waals surface area contributed by atoms with Gasteiger partial charge in [0.05, 0.1) is 26.0 Å². The molecule has 2 aromatic carbocycles. The summed E-state index contributed by atoms with van der Waals surface area (Å²) in [6.07, 6.45) is 1.32. The topological polar surface area (TPSA) is 88.1 Å². The molecule has 9 heteroatoms. The minimum Gasteiger partial charge on any atom is -0.497 e. The van der Waals surface area contributed by atoms with Crippen LogP contribution in [-0.4, -0.2) is 32.2 Å². The molecule has 8 nitrogen and oxygen atoms in total. The Balaban J connectivity index is 1.27. The fraction of sp³-hybridized carbons (Fsp3) is 0.273. The second kappa shape index (κ2) is 8.49. The van der Waals surface area contributed by atoms with Crippen LogP contribution in [0.4, 0.5) is 0 Å². The predicted octanol–water partition coefficient (Wildman–Crippen LogP) is 4.05. The summed E-state index contributed by atoms with van der Waals surface area (Å²) < 4.78 is 18.5. The van der Waals surface area contributed by atoms with Crippen molar-refractivity contribution in [3.8, 4) is 17.3 Å². The maximum Gasteiger partial charge on any atom is 0.227 e. The molecule has 2 aromatic heterocycles. The predicted molar refractivity (Wildman–Crippen MR) is 113 cm³/mol. The average molecular weight is 438 g/mol. The van der Waals surface area contributed by atoms with Crippen molar-refractivity contribution < 1.29 is 14.0 Å². The van der Waals surface area contributed by atoms with E-state index in [1.807, 2.05) is 53.2 Å². The summed E-state index contributed by atoms with van der Waals surface area (Å²) in [5.41, 5.74) is 3.65. The van der Waals surface area contributed by atoms with Gasteiger partial charge in [-0.3, -0.25) is 0 Å². The molecule has 158 valence electrons. The van der Waals surface area contributed by atoms with Crippen molar-refractivity contribution in [3.63, 3.8) is 0 Å². The molecule has 1 aliphatic heterocycles. The Morgan fingerprint density at radius 2 is 1.90 bits per heavy atom. The van der Waals surface area contributed by atoms with Crippen LogP contribution in [0.15, 0.2) is 53.1 Å². The van der Waals surface area contributed by atoms with Gasteiger partial charge >= 0.3 is 0 Å². The molecule has 0 aliphatic carbocycles. The van der Waals surface area contributed by atoms with Gasteiger partial charge in [-0.05, 0) is 41.8 Å². The van der Waals surface area contributed by atoms with Crippen molar-refractivity contribution in [1.82, 2.24) is 25.1 Å². The van der Waals surface area contributed by atoms with Crippen molar-refractivity contribution in [3.05, 3.63) is 76.3 Å². The largest absolute Gasteiger partial charge is 0.497 e. The van der Waals surface area contributed by atoms with E-state index >= 15 is 0 Å². The molecule has 1 aliphatic rings. The fourth-order valence-corrected chi connectivity index (χ4v) is 3.69. The van der Waals surface area contributed by atoms with Gasteiger partial charge in [-0.1, -0.05) is 46.2 Å². The van der Waals surface area contributed by atoms with Crippen molar-refractivity contribution in [2.24, 2.45) is 0 Å². The monoisotopic (exact) mass is 437 g/mol. The highest BCUT2D eigenvalue weighted by atomic mass is 35.5. The Morgan fingerprint density at radius 3 is 2.68 bits per heavy atom. The number of nitrogens with zero attached hydrogens (tertiary/aromatic N) is 5. The number of benzene rings is 2. The van der Waals surface area contributed by atoms with Gasteiger partial charge < -0.3 is 14.0 Å². The van der Waals surface area contributed by atoms with E-state index in [-0.39, 0.29) is 6.10 Å². The number of methoxy groups -OCH3 is 1. The molecule has 1 atom stereocenters. The molecule has 3 heterocycles. The lowest BCUT2D eigenvalue weighted by Crippen LogP contribution is -2.22. The molecule has 0 spiro atoms.